The standard InChI is InChI=1S/C14H18N2O2S/c1-4-19-13-7-5-6-12(11(13)10-15)16(2)9-8-14(17)18-3/h5-7H,4,8-9H2,1-3H3. The lowest BCUT2D eigenvalue weighted by molar-refractivity contribution is -0.140. The summed E-state index contributed by atoms with van der Waals surface area (Å²) in [6, 6.07) is 8.03. The summed E-state index contributed by atoms with van der Waals surface area (Å²) >= 11 is 1.65. The summed E-state index contributed by atoms with van der Waals surface area (Å²) in [6.07, 6.45) is 0.309. The Hall–Kier alpha value is -1.67. The van der Waals surface area contributed by atoms with E-state index in [1.165, 1.54) is 7.11 Å². The van der Waals surface area contributed by atoms with Crippen molar-refractivity contribution >= 4 is 23.4 Å². The van der Waals surface area contributed by atoms with Crippen LogP contribution in [0.2, 0.25) is 0 Å². The maximum atomic E-state index is 11.2. The third kappa shape index (κ3) is 4.18. The lowest BCUT2D eigenvalue weighted by atomic mass is 10.1. The first-order valence-electron chi connectivity index (χ1n) is 6.07. The number of hydrogen-bond donors (Lipinski definition) is 0. The molecule has 0 radical (unpaired) electrons. The molecule has 0 aliphatic carbocycles. The minimum atomic E-state index is -0.246. The van der Waals surface area contributed by atoms with E-state index in [-0.39, 0.29) is 5.97 Å². The molecule has 0 amide bonds. The fourth-order valence-electron chi connectivity index (χ4n) is 1.71. The van der Waals surface area contributed by atoms with Crippen molar-refractivity contribution < 1.29 is 9.53 Å². The summed E-state index contributed by atoms with van der Waals surface area (Å²) in [5.41, 5.74) is 1.52. The molecule has 0 atom stereocenters. The molecule has 0 N–H and O–H groups in total. The summed E-state index contributed by atoms with van der Waals surface area (Å²) in [4.78, 5) is 14.0. The van der Waals surface area contributed by atoms with Crippen molar-refractivity contribution in [2.24, 2.45) is 0 Å². The maximum absolute atomic E-state index is 11.2. The van der Waals surface area contributed by atoms with Crippen molar-refractivity contribution in [1.82, 2.24) is 0 Å². The van der Waals surface area contributed by atoms with Crippen LogP contribution in [0.3, 0.4) is 0 Å². The Morgan fingerprint density at radius 3 is 2.84 bits per heavy atom. The van der Waals surface area contributed by atoms with Gasteiger partial charge in [0.1, 0.15) is 6.07 Å². The van der Waals surface area contributed by atoms with Crippen LogP contribution in [0.15, 0.2) is 23.1 Å². The zero-order valence-corrected chi connectivity index (χ0v) is 12.3. The molecule has 1 aromatic carbocycles. The van der Waals surface area contributed by atoms with E-state index in [1.54, 1.807) is 11.8 Å². The van der Waals surface area contributed by atoms with E-state index in [9.17, 15) is 10.1 Å². The summed E-state index contributed by atoms with van der Waals surface area (Å²) < 4.78 is 4.62. The van der Waals surface area contributed by atoms with Crippen molar-refractivity contribution in [3.8, 4) is 6.07 Å². The molecule has 0 saturated carbocycles. The molecule has 5 heteroatoms. The molecule has 0 spiro atoms. The van der Waals surface area contributed by atoms with Gasteiger partial charge in [0.05, 0.1) is 24.8 Å². The number of thioether (sulfide) groups is 1. The molecule has 1 rings (SSSR count). The van der Waals surface area contributed by atoms with Gasteiger partial charge in [-0.1, -0.05) is 13.0 Å². The summed E-state index contributed by atoms with van der Waals surface area (Å²) in [7, 11) is 3.25. The van der Waals surface area contributed by atoms with Gasteiger partial charge in [-0.3, -0.25) is 4.79 Å². The highest BCUT2D eigenvalue weighted by molar-refractivity contribution is 7.99. The van der Waals surface area contributed by atoms with Gasteiger partial charge in [-0.2, -0.15) is 5.26 Å². The van der Waals surface area contributed by atoms with E-state index in [1.807, 2.05) is 30.1 Å². The quantitative estimate of drug-likeness (QED) is 0.591. The van der Waals surface area contributed by atoms with E-state index in [0.717, 1.165) is 16.3 Å². The zero-order valence-electron chi connectivity index (χ0n) is 11.5. The number of esters is 1. The largest absolute Gasteiger partial charge is 0.469 e. The Bertz CT molecular complexity index is 483. The number of hydrogen-bond acceptors (Lipinski definition) is 5. The zero-order chi connectivity index (χ0) is 14.3. The van der Waals surface area contributed by atoms with Gasteiger partial charge in [0, 0.05) is 18.5 Å². The van der Waals surface area contributed by atoms with E-state index < -0.39 is 0 Å². The molecule has 4 nitrogen and oxygen atoms in total. The van der Waals surface area contributed by atoms with Gasteiger partial charge >= 0.3 is 5.97 Å². The highest BCUT2D eigenvalue weighted by Crippen LogP contribution is 2.29. The Balaban J connectivity index is 2.90. The lowest BCUT2D eigenvalue weighted by Gasteiger charge is -2.21. The molecular weight excluding hydrogens is 260 g/mol. The van der Waals surface area contributed by atoms with Crippen LogP contribution in [0.1, 0.15) is 18.9 Å². The average molecular weight is 278 g/mol. The number of rotatable bonds is 6. The Labute approximate surface area is 118 Å². The van der Waals surface area contributed by atoms with Gasteiger partial charge in [0.15, 0.2) is 0 Å². The molecule has 0 bridgehead atoms. The van der Waals surface area contributed by atoms with Crippen LogP contribution in [0.25, 0.3) is 0 Å². The van der Waals surface area contributed by atoms with Gasteiger partial charge in [-0.25, -0.2) is 0 Å². The SMILES string of the molecule is CCSc1cccc(N(C)CCC(=O)OC)c1C#N. The molecule has 0 aliphatic heterocycles. The first-order chi connectivity index (χ1) is 9.13. The van der Waals surface area contributed by atoms with Gasteiger partial charge in [-0.15, -0.1) is 11.8 Å². The second-order valence-electron chi connectivity index (χ2n) is 3.94. The molecule has 0 fully saturated rings. The smallest absolute Gasteiger partial charge is 0.307 e. The number of methoxy groups -OCH3 is 1. The van der Waals surface area contributed by atoms with E-state index >= 15 is 0 Å². The molecule has 0 heterocycles. The van der Waals surface area contributed by atoms with Crippen LogP contribution >= 0.6 is 11.8 Å². The maximum Gasteiger partial charge on any atom is 0.307 e. The summed E-state index contributed by atoms with van der Waals surface area (Å²) in [5, 5.41) is 9.32. The Morgan fingerprint density at radius 2 is 2.26 bits per heavy atom. The molecule has 0 aromatic heterocycles. The molecule has 19 heavy (non-hydrogen) atoms. The molecule has 102 valence electrons. The summed E-state index contributed by atoms with van der Waals surface area (Å²) in [5.74, 6) is 0.675. The minimum Gasteiger partial charge on any atom is -0.469 e. The first-order valence-corrected chi connectivity index (χ1v) is 7.06. The predicted octanol–water partition coefficient (Wildman–Crippen LogP) is 2.67. The number of carbonyl (C=O) groups is 1. The van der Waals surface area contributed by atoms with Crippen LogP contribution < -0.4 is 4.90 Å². The Morgan fingerprint density at radius 1 is 1.53 bits per heavy atom. The average Bonchev–Trinajstić information content (AvgIpc) is 2.44. The Kier molecular flexibility index (Phi) is 6.23. The fourth-order valence-corrected chi connectivity index (χ4v) is 2.49. The number of ether oxygens (including phenoxy) is 1. The van der Waals surface area contributed by atoms with Gasteiger partial charge < -0.3 is 9.64 Å². The monoisotopic (exact) mass is 278 g/mol. The molecule has 0 aliphatic rings. The molecule has 0 saturated heterocycles. The number of nitrogens with zero attached hydrogens (tertiary/aromatic N) is 2. The van der Waals surface area contributed by atoms with Crippen molar-refractivity contribution in [3.05, 3.63) is 23.8 Å². The van der Waals surface area contributed by atoms with Crippen LogP contribution in [-0.2, 0) is 9.53 Å². The fraction of sp³-hybridized carbons (Fsp3) is 0.429. The number of benzene rings is 1. The van der Waals surface area contributed by atoms with Crippen LogP contribution in [-0.4, -0.2) is 32.4 Å². The highest BCUT2D eigenvalue weighted by atomic mass is 32.2. The number of carbonyl (C=O) groups excluding carboxylic acids is 1. The third-order valence-electron chi connectivity index (χ3n) is 2.71. The van der Waals surface area contributed by atoms with Crippen LogP contribution in [0, 0.1) is 11.3 Å². The molecule has 1 aromatic rings. The normalized spacial score (nSPS) is 9.79. The van der Waals surface area contributed by atoms with Crippen LogP contribution in [0.5, 0.6) is 0 Å². The van der Waals surface area contributed by atoms with Crippen molar-refractivity contribution in [1.29, 1.82) is 5.26 Å². The number of nitriles is 1. The van der Waals surface area contributed by atoms with Gasteiger partial charge in [0.25, 0.3) is 0 Å². The van der Waals surface area contributed by atoms with Gasteiger partial charge in [-0.05, 0) is 17.9 Å². The first kappa shape index (κ1) is 15.4. The van der Waals surface area contributed by atoms with E-state index in [0.29, 0.717) is 18.5 Å². The van der Waals surface area contributed by atoms with Crippen LogP contribution in [0.4, 0.5) is 5.69 Å². The second-order valence-corrected chi connectivity index (χ2v) is 5.25. The van der Waals surface area contributed by atoms with E-state index in [2.05, 4.69) is 17.7 Å². The van der Waals surface area contributed by atoms with Gasteiger partial charge in [0.2, 0.25) is 0 Å². The minimum absolute atomic E-state index is 0.246. The lowest BCUT2D eigenvalue weighted by Crippen LogP contribution is -2.22. The summed E-state index contributed by atoms with van der Waals surface area (Å²) in [6.45, 7) is 2.58. The number of anilines is 1. The van der Waals surface area contributed by atoms with E-state index in [4.69, 9.17) is 0 Å². The molecular formula is C14H18N2O2S. The van der Waals surface area contributed by atoms with Crippen molar-refractivity contribution in [2.45, 2.75) is 18.2 Å². The van der Waals surface area contributed by atoms with Crippen molar-refractivity contribution in [2.75, 3.05) is 31.4 Å². The highest BCUT2D eigenvalue weighted by Gasteiger charge is 2.12. The third-order valence-corrected chi connectivity index (χ3v) is 3.65. The molecule has 0 unspecified atom stereocenters. The predicted molar refractivity (Wildman–Crippen MR) is 77.5 cm³/mol. The van der Waals surface area contributed by atoms with Crippen molar-refractivity contribution in [3.63, 3.8) is 0 Å². The second kappa shape index (κ2) is 7.70. The topological polar surface area (TPSA) is 53.3 Å².